The molecule has 0 atom stereocenters. The maximum absolute atomic E-state index is 10.6. The molecule has 1 rings (SSSR count). The first-order valence-corrected chi connectivity index (χ1v) is 5.54. The van der Waals surface area contributed by atoms with Gasteiger partial charge >= 0.3 is 0 Å². The van der Waals surface area contributed by atoms with Gasteiger partial charge in [0.15, 0.2) is 0 Å². The van der Waals surface area contributed by atoms with Gasteiger partial charge in [-0.05, 0) is 26.1 Å². The Balaban J connectivity index is 0.000000487. The lowest BCUT2D eigenvalue weighted by Crippen LogP contribution is -2.18. The van der Waals surface area contributed by atoms with Crippen molar-refractivity contribution < 1.29 is 4.79 Å². The third-order valence-electron chi connectivity index (χ3n) is 2.02. The Hall–Kier alpha value is -1.35. The topological polar surface area (TPSA) is 41.1 Å². The third-order valence-corrected chi connectivity index (χ3v) is 2.02. The van der Waals surface area contributed by atoms with Crippen LogP contribution in [0.2, 0.25) is 0 Å². The molecule has 0 unspecified atom stereocenters. The number of hydrogen-bond donors (Lipinski definition) is 2. The average Bonchev–Trinajstić information content (AvgIpc) is 2.28. The lowest BCUT2D eigenvalue weighted by Gasteiger charge is -2.01. The molecule has 1 aromatic rings. The minimum atomic E-state index is 0.00979. The van der Waals surface area contributed by atoms with E-state index in [1.807, 2.05) is 38.2 Å². The number of carbonyl (C=O) groups excluding carboxylic acids is 1. The van der Waals surface area contributed by atoms with Crippen LogP contribution in [0.3, 0.4) is 0 Å². The van der Waals surface area contributed by atoms with Crippen LogP contribution in [0.1, 0.15) is 25.0 Å². The van der Waals surface area contributed by atoms with E-state index in [1.54, 1.807) is 0 Å². The molecule has 0 aliphatic carbocycles. The molecule has 3 nitrogen and oxygen atoms in total. The first-order valence-electron chi connectivity index (χ1n) is 5.54. The molecule has 0 aliphatic heterocycles. The Labute approximate surface area is 98.3 Å². The predicted octanol–water partition coefficient (Wildman–Crippen LogP) is 1.86. The van der Waals surface area contributed by atoms with Crippen molar-refractivity contribution in [1.82, 2.24) is 10.6 Å². The molecule has 0 bridgehead atoms. The fourth-order valence-corrected chi connectivity index (χ4v) is 0.932. The van der Waals surface area contributed by atoms with Gasteiger partial charge in [0.05, 0.1) is 0 Å². The van der Waals surface area contributed by atoms with Crippen LogP contribution in [0.5, 0.6) is 0 Å². The van der Waals surface area contributed by atoms with Gasteiger partial charge in [0.25, 0.3) is 0 Å². The second kappa shape index (κ2) is 8.92. The van der Waals surface area contributed by atoms with Gasteiger partial charge in [-0.25, -0.2) is 0 Å². The van der Waals surface area contributed by atoms with E-state index in [0.29, 0.717) is 6.54 Å². The molecule has 0 radical (unpaired) electrons. The summed E-state index contributed by atoms with van der Waals surface area (Å²) in [5, 5.41) is 5.67. The zero-order valence-corrected chi connectivity index (χ0v) is 10.6. The fraction of sp³-hybridized carbons (Fsp3) is 0.462. The van der Waals surface area contributed by atoms with Crippen molar-refractivity contribution in [2.75, 3.05) is 13.6 Å². The van der Waals surface area contributed by atoms with Crippen molar-refractivity contribution in [2.45, 2.75) is 27.3 Å². The van der Waals surface area contributed by atoms with Crippen molar-refractivity contribution in [1.29, 1.82) is 0 Å². The van der Waals surface area contributed by atoms with Crippen LogP contribution in [-0.2, 0) is 11.3 Å². The molecule has 1 aromatic carbocycles. The molecule has 0 saturated carbocycles. The summed E-state index contributed by atoms with van der Waals surface area (Å²) in [4.78, 5) is 10.6. The molecule has 0 aromatic heterocycles. The van der Waals surface area contributed by atoms with Crippen LogP contribution >= 0.6 is 0 Å². The molecule has 0 aliphatic rings. The second-order valence-corrected chi connectivity index (χ2v) is 3.60. The molecule has 3 heteroatoms. The van der Waals surface area contributed by atoms with E-state index in [9.17, 15) is 4.79 Å². The number of aryl methyl sites for hydroxylation is 1. The van der Waals surface area contributed by atoms with Gasteiger partial charge < -0.3 is 10.6 Å². The molecule has 16 heavy (non-hydrogen) atoms. The molecule has 1 amide bonds. The fourth-order valence-electron chi connectivity index (χ4n) is 0.932. The van der Waals surface area contributed by atoms with E-state index >= 15 is 0 Å². The van der Waals surface area contributed by atoms with Crippen molar-refractivity contribution in [3.05, 3.63) is 35.4 Å². The highest BCUT2D eigenvalue weighted by Crippen LogP contribution is 2.01. The molecular formula is C13H22N2O. The van der Waals surface area contributed by atoms with Gasteiger partial charge in [0, 0.05) is 13.5 Å². The second-order valence-electron chi connectivity index (χ2n) is 3.60. The Morgan fingerprint density at radius 2 is 1.75 bits per heavy atom. The van der Waals surface area contributed by atoms with Crippen LogP contribution in [0, 0.1) is 6.92 Å². The largest absolute Gasteiger partial charge is 0.352 e. The maximum Gasteiger partial charge on any atom is 0.217 e. The summed E-state index contributed by atoms with van der Waals surface area (Å²) in [6.07, 6.45) is 0. The van der Waals surface area contributed by atoms with Crippen molar-refractivity contribution in [3.8, 4) is 0 Å². The van der Waals surface area contributed by atoms with Crippen LogP contribution in [0.25, 0.3) is 0 Å². The summed E-state index contributed by atoms with van der Waals surface area (Å²) in [7, 11) is 1.93. The minimum absolute atomic E-state index is 0.00979. The van der Waals surface area contributed by atoms with E-state index in [-0.39, 0.29) is 5.91 Å². The van der Waals surface area contributed by atoms with E-state index in [4.69, 9.17) is 0 Å². The summed E-state index contributed by atoms with van der Waals surface area (Å²) in [6, 6.07) is 8.12. The zero-order chi connectivity index (χ0) is 12.4. The Morgan fingerprint density at radius 1 is 1.25 bits per heavy atom. The smallest absolute Gasteiger partial charge is 0.217 e. The molecular weight excluding hydrogens is 200 g/mol. The summed E-state index contributed by atoms with van der Waals surface area (Å²) in [5.74, 6) is 0.00979. The minimum Gasteiger partial charge on any atom is -0.352 e. The van der Waals surface area contributed by atoms with Crippen LogP contribution < -0.4 is 10.6 Å². The average molecular weight is 222 g/mol. The summed E-state index contributed by atoms with van der Waals surface area (Å²) >= 11 is 0. The first kappa shape index (κ1) is 14.6. The van der Waals surface area contributed by atoms with Gasteiger partial charge in [-0.3, -0.25) is 4.79 Å². The highest BCUT2D eigenvalue weighted by Gasteiger charge is 1.92. The summed E-state index contributed by atoms with van der Waals surface area (Å²) in [5.41, 5.74) is 2.37. The Kier molecular flexibility index (Phi) is 8.17. The Bertz CT molecular complexity index is 291. The van der Waals surface area contributed by atoms with Crippen molar-refractivity contribution in [2.24, 2.45) is 0 Å². The van der Waals surface area contributed by atoms with E-state index in [1.165, 1.54) is 12.5 Å². The number of benzene rings is 1. The predicted molar refractivity (Wildman–Crippen MR) is 68.3 cm³/mol. The van der Waals surface area contributed by atoms with Gasteiger partial charge in [-0.2, -0.15) is 0 Å². The van der Waals surface area contributed by atoms with Crippen LogP contribution in [0.4, 0.5) is 0 Å². The maximum atomic E-state index is 10.6. The van der Waals surface area contributed by atoms with Crippen molar-refractivity contribution in [3.63, 3.8) is 0 Å². The van der Waals surface area contributed by atoms with E-state index in [0.717, 1.165) is 12.1 Å². The molecule has 0 spiro atoms. The molecule has 0 fully saturated rings. The standard InChI is InChI=1S/C10H13NO.C3H9N/c1-8-3-5-10(6-4-8)7-11-9(2)12;1-3-4-2/h3-6H,7H2,1-2H3,(H,11,12);4H,3H2,1-2H3. The number of amides is 1. The van der Waals surface area contributed by atoms with E-state index in [2.05, 4.69) is 17.6 Å². The SMILES string of the molecule is CC(=O)NCc1ccc(C)cc1.CCNC. The van der Waals surface area contributed by atoms with Crippen LogP contribution in [0.15, 0.2) is 24.3 Å². The molecule has 0 saturated heterocycles. The van der Waals surface area contributed by atoms with Crippen molar-refractivity contribution >= 4 is 5.91 Å². The van der Waals surface area contributed by atoms with Gasteiger partial charge in [0.1, 0.15) is 0 Å². The number of nitrogens with one attached hydrogen (secondary N) is 2. The lowest BCUT2D eigenvalue weighted by molar-refractivity contribution is -0.119. The van der Waals surface area contributed by atoms with E-state index < -0.39 is 0 Å². The van der Waals surface area contributed by atoms with Crippen LogP contribution in [-0.4, -0.2) is 19.5 Å². The summed E-state index contributed by atoms with van der Waals surface area (Å²) in [6.45, 7) is 7.33. The molecule has 0 heterocycles. The van der Waals surface area contributed by atoms with Gasteiger partial charge in [-0.15, -0.1) is 0 Å². The quantitative estimate of drug-likeness (QED) is 0.819. The zero-order valence-electron chi connectivity index (χ0n) is 10.6. The van der Waals surface area contributed by atoms with Gasteiger partial charge in [-0.1, -0.05) is 36.8 Å². The first-order chi connectivity index (χ1) is 7.60. The number of carbonyl (C=O) groups is 1. The molecule has 2 N–H and O–H groups in total. The third kappa shape index (κ3) is 8.00. The normalized spacial score (nSPS) is 9.00. The number of rotatable bonds is 3. The molecule has 90 valence electrons. The number of hydrogen-bond acceptors (Lipinski definition) is 2. The lowest BCUT2D eigenvalue weighted by atomic mass is 10.1. The highest BCUT2D eigenvalue weighted by molar-refractivity contribution is 5.72. The van der Waals surface area contributed by atoms with Gasteiger partial charge in [0.2, 0.25) is 5.91 Å². The monoisotopic (exact) mass is 222 g/mol. The Morgan fingerprint density at radius 3 is 2.12 bits per heavy atom. The highest BCUT2D eigenvalue weighted by atomic mass is 16.1. The summed E-state index contributed by atoms with van der Waals surface area (Å²) < 4.78 is 0.